The van der Waals surface area contributed by atoms with Crippen LogP contribution in [0.2, 0.25) is 5.02 Å². The summed E-state index contributed by atoms with van der Waals surface area (Å²) in [6.07, 6.45) is 0.829. The van der Waals surface area contributed by atoms with Gasteiger partial charge in [-0.1, -0.05) is 30.7 Å². The summed E-state index contributed by atoms with van der Waals surface area (Å²) in [4.78, 5) is 23.1. The van der Waals surface area contributed by atoms with E-state index < -0.39 is 11.9 Å². The number of aliphatic carboxylic acids is 1. The Morgan fingerprint density at radius 2 is 2.10 bits per heavy atom. The largest absolute Gasteiger partial charge is 0.481 e. The van der Waals surface area contributed by atoms with Gasteiger partial charge in [0.25, 0.3) is 0 Å². The number of nitrogens with one attached hydrogen (secondary N) is 1. The smallest absolute Gasteiger partial charge is 0.306 e. The van der Waals surface area contributed by atoms with Crippen LogP contribution in [0.1, 0.15) is 19.8 Å². The van der Waals surface area contributed by atoms with E-state index in [-0.39, 0.29) is 5.91 Å². The standard InChI is InChI=1S/C14H18ClNO3S/c1-10(14(18)19)6-8-16-13(17)7-9-20-12-5-3-2-4-11(12)15/h2-5,10H,6-9H2,1H3,(H,16,17)(H,18,19). The van der Waals surface area contributed by atoms with Gasteiger partial charge < -0.3 is 10.4 Å². The predicted molar refractivity (Wildman–Crippen MR) is 81.2 cm³/mol. The molecule has 20 heavy (non-hydrogen) atoms. The first-order chi connectivity index (χ1) is 9.50. The van der Waals surface area contributed by atoms with Gasteiger partial charge in [0, 0.05) is 23.6 Å². The van der Waals surface area contributed by atoms with Crippen molar-refractivity contribution < 1.29 is 14.7 Å². The molecule has 0 aliphatic carbocycles. The highest BCUT2D eigenvalue weighted by atomic mass is 35.5. The van der Waals surface area contributed by atoms with Crippen LogP contribution in [0.3, 0.4) is 0 Å². The molecule has 0 radical (unpaired) electrons. The molecule has 0 aliphatic heterocycles. The average molecular weight is 316 g/mol. The Hall–Kier alpha value is -1.20. The van der Waals surface area contributed by atoms with Crippen LogP contribution in [0, 0.1) is 5.92 Å². The quantitative estimate of drug-likeness (QED) is 0.724. The second-order valence-electron chi connectivity index (χ2n) is 4.41. The van der Waals surface area contributed by atoms with E-state index >= 15 is 0 Å². The van der Waals surface area contributed by atoms with Gasteiger partial charge in [0.05, 0.1) is 10.9 Å². The van der Waals surface area contributed by atoms with Crippen LogP contribution in [0.5, 0.6) is 0 Å². The first kappa shape index (κ1) is 16.9. The number of hydrogen-bond donors (Lipinski definition) is 2. The van der Waals surface area contributed by atoms with Gasteiger partial charge in [-0.15, -0.1) is 11.8 Å². The molecule has 1 amide bonds. The number of carbonyl (C=O) groups excluding carboxylic acids is 1. The van der Waals surface area contributed by atoms with Crippen LogP contribution in [0.15, 0.2) is 29.2 Å². The zero-order chi connectivity index (χ0) is 15.0. The molecule has 0 saturated heterocycles. The fraction of sp³-hybridized carbons (Fsp3) is 0.429. The summed E-state index contributed by atoms with van der Waals surface area (Å²) in [6, 6.07) is 7.50. The van der Waals surface area contributed by atoms with Gasteiger partial charge in [-0.2, -0.15) is 0 Å². The van der Waals surface area contributed by atoms with Gasteiger partial charge in [-0.05, 0) is 18.6 Å². The van der Waals surface area contributed by atoms with Crippen molar-refractivity contribution in [3.8, 4) is 0 Å². The van der Waals surface area contributed by atoms with Crippen molar-refractivity contribution in [1.82, 2.24) is 5.32 Å². The van der Waals surface area contributed by atoms with E-state index in [0.29, 0.717) is 30.2 Å². The minimum absolute atomic E-state index is 0.0675. The SMILES string of the molecule is CC(CCNC(=O)CCSc1ccccc1Cl)C(=O)O. The summed E-state index contributed by atoms with van der Waals surface area (Å²) < 4.78 is 0. The topological polar surface area (TPSA) is 66.4 Å². The molecule has 110 valence electrons. The fourth-order valence-corrected chi connectivity index (χ4v) is 2.64. The lowest BCUT2D eigenvalue weighted by molar-refractivity contribution is -0.141. The maximum Gasteiger partial charge on any atom is 0.306 e. The van der Waals surface area contributed by atoms with Crippen molar-refractivity contribution in [2.45, 2.75) is 24.7 Å². The highest BCUT2D eigenvalue weighted by Crippen LogP contribution is 2.26. The molecule has 0 spiro atoms. The molecular formula is C14H18ClNO3S. The number of rotatable bonds is 8. The van der Waals surface area contributed by atoms with E-state index in [1.54, 1.807) is 6.92 Å². The maximum absolute atomic E-state index is 11.6. The number of carboxylic acid groups (broad SMARTS) is 1. The number of hydrogen-bond acceptors (Lipinski definition) is 3. The summed E-state index contributed by atoms with van der Waals surface area (Å²) >= 11 is 7.54. The molecule has 1 unspecified atom stereocenters. The van der Waals surface area contributed by atoms with Gasteiger partial charge in [0.15, 0.2) is 0 Å². The lowest BCUT2D eigenvalue weighted by atomic mass is 10.1. The third kappa shape index (κ3) is 6.30. The van der Waals surface area contributed by atoms with E-state index in [1.807, 2.05) is 24.3 Å². The molecule has 0 aromatic heterocycles. The Morgan fingerprint density at radius 3 is 2.75 bits per heavy atom. The summed E-state index contributed by atoms with van der Waals surface area (Å²) in [5.41, 5.74) is 0. The van der Waals surface area contributed by atoms with Crippen molar-refractivity contribution in [2.24, 2.45) is 5.92 Å². The van der Waals surface area contributed by atoms with E-state index in [9.17, 15) is 9.59 Å². The molecular weight excluding hydrogens is 298 g/mol. The highest BCUT2D eigenvalue weighted by molar-refractivity contribution is 7.99. The van der Waals surface area contributed by atoms with Crippen molar-refractivity contribution in [1.29, 1.82) is 0 Å². The number of carboxylic acids is 1. The molecule has 1 rings (SSSR count). The molecule has 4 nitrogen and oxygen atoms in total. The molecule has 0 fully saturated rings. The van der Waals surface area contributed by atoms with Crippen LogP contribution in [-0.2, 0) is 9.59 Å². The number of carbonyl (C=O) groups is 2. The summed E-state index contributed by atoms with van der Waals surface area (Å²) in [5.74, 6) is -0.701. The zero-order valence-electron chi connectivity index (χ0n) is 11.3. The normalized spacial score (nSPS) is 11.9. The first-order valence-corrected chi connectivity index (χ1v) is 7.74. The third-order valence-electron chi connectivity index (χ3n) is 2.74. The van der Waals surface area contributed by atoms with Crippen molar-refractivity contribution >= 4 is 35.2 Å². The lowest BCUT2D eigenvalue weighted by Gasteiger charge is -2.08. The molecule has 1 aromatic carbocycles. The van der Waals surface area contributed by atoms with Gasteiger partial charge in [-0.25, -0.2) is 0 Å². The molecule has 0 saturated carbocycles. The Bertz CT molecular complexity index is 467. The Labute approximate surface area is 127 Å². The van der Waals surface area contributed by atoms with Crippen molar-refractivity contribution in [2.75, 3.05) is 12.3 Å². The number of amides is 1. The molecule has 0 bridgehead atoms. The van der Waals surface area contributed by atoms with E-state index in [0.717, 1.165) is 4.90 Å². The van der Waals surface area contributed by atoms with Crippen LogP contribution in [0.4, 0.5) is 0 Å². The Morgan fingerprint density at radius 1 is 1.40 bits per heavy atom. The van der Waals surface area contributed by atoms with Crippen molar-refractivity contribution in [3.05, 3.63) is 29.3 Å². The monoisotopic (exact) mass is 315 g/mol. The second-order valence-corrected chi connectivity index (χ2v) is 5.95. The summed E-state index contributed by atoms with van der Waals surface area (Å²) in [5, 5.41) is 12.1. The van der Waals surface area contributed by atoms with Gasteiger partial charge in [0.2, 0.25) is 5.91 Å². The molecule has 0 heterocycles. The minimum atomic E-state index is -0.839. The Balaban J connectivity index is 2.18. The average Bonchev–Trinajstić information content (AvgIpc) is 2.40. The van der Waals surface area contributed by atoms with E-state index in [4.69, 9.17) is 16.7 Å². The third-order valence-corrected chi connectivity index (χ3v) is 4.26. The van der Waals surface area contributed by atoms with Crippen LogP contribution in [0.25, 0.3) is 0 Å². The van der Waals surface area contributed by atoms with E-state index in [2.05, 4.69) is 5.32 Å². The minimum Gasteiger partial charge on any atom is -0.481 e. The van der Waals surface area contributed by atoms with E-state index in [1.165, 1.54) is 11.8 Å². The van der Waals surface area contributed by atoms with Crippen molar-refractivity contribution in [3.63, 3.8) is 0 Å². The van der Waals surface area contributed by atoms with Crippen LogP contribution < -0.4 is 5.32 Å². The molecule has 6 heteroatoms. The molecule has 1 atom stereocenters. The first-order valence-electron chi connectivity index (χ1n) is 6.37. The Kier molecular flexibility index (Phi) is 7.47. The van der Waals surface area contributed by atoms with Crippen LogP contribution in [-0.4, -0.2) is 29.3 Å². The maximum atomic E-state index is 11.6. The fourth-order valence-electron chi connectivity index (χ4n) is 1.46. The number of thioether (sulfide) groups is 1. The summed E-state index contributed by atoms with van der Waals surface area (Å²) in [7, 11) is 0. The van der Waals surface area contributed by atoms with Gasteiger partial charge >= 0.3 is 5.97 Å². The number of halogens is 1. The zero-order valence-corrected chi connectivity index (χ0v) is 12.8. The molecule has 0 aliphatic rings. The van der Waals surface area contributed by atoms with Gasteiger partial charge in [-0.3, -0.25) is 9.59 Å². The number of benzene rings is 1. The van der Waals surface area contributed by atoms with Gasteiger partial charge in [0.1, 0.15) is 0 Å². The highest BCUT2D eigenvalue weighted by Gasteiger charge is 2.10. The second kappa shape index (κ2) is 8.87. The summed E-state index contributed by atoms with van der Waals surface area (Å²) in [6.45, 7) is 2.02. The predicted octanol–water partition coefficient (Wildman–Crippen LogP) is 3.05. The molecule has 1 aromatic rings. The van der Waals surface area contributed by atoms with Crippen LogP contribution >= 0.6 is 23.4 Å². The lowest BCUT2D eigenvalue weighted by Crippen LogP contribution is -2.27. The molecule has 2 N–H and O–H groups in total.